The monoisotopic (exact) mass is 1110 g/mol. The fraction of sp³-hybridized carbons (Fsp3) is 0.743. The molecular weight excluding hydrogens is 985 g/mol. The summed E-state index contributed by atoms with van der Waals surface area (Å²) in [7, 11) is 0. The zero-order valence-electron chi connectivity index (χ0n) is 52.8. The van der Waals surface area contributed by atoms with E-state index in [1.54, 1.807) is 0 Å². The standard InChI is InChI=1S/C74H128O6/c1-4-7-10-13-16-19-22-25-28-31-33-35-36-37-38-40-41-43-46-49-52-55-58-61-64-67-73(76)79-70-71(69-78-72(75)66-63-60-57-54-51-48-45-30-27-24-21-18-15-12-9-6-3)80-74(77)68-65-62-59-56-53-50-47-44-42-39-34-32-29-26-23-20-17-14-11-8-5-2/h8,11,17,20,26,29-31,33-34,39,44-45,47,53,56,71H,4-7,9-10,12-16,18-19,21-25,27-28,32,35-38,40-43,46,48-52,54-55,57-70H2,1-3H3/b11-8-,20-17-,29-26-,33-31-,39-34-,45-30-,47-44-,56-53-. The van der Waals surface area contributed by atoms with Gasteiger partial charge >= 0.3 is 17.9 Å². The fourth-order valence-electron chi connectivity index (χ4n) is 9.67. The minimum absolute atomic E-state index is 0.0966. The van der Waals surface area contributed by atoms with E-state index in [-0.39, 0.29) is 37.5 Å². The predicted molar refractivity (Wildman–Crippen MR) is 348 cm³/mol. The van der Waals surface area contributed by atoms with Gasteiger partial charge in [0.2, 0.25) is 0 Å². The van der Waals surface area contributed by atoms with Gasteiger partial charge in [-0.1, -0.05) is 291 Å². The van der Waals surface area contributed by atoms with Gasteiger partial charge in [-0.05, 0) is 122 Å². The molecule has 6 nitrogen and oxygen atoms in total. The van der Waals surface area contributed by atoms with Crippen LogP contribution >= 0.6 is 0 Å². The van der Waals surface area contributed by atoms with Crippen LogP contribution in [0.5, 0.6) is 0 Å². The molecule has 0 spiro atoms. The molecule has 0 saturated heterocycles. The van der Waals surface area contributed by atoms with E-state index in [4.69, 9.17) is 14.2 Å². The quantitative estimate of drug-likeness (QED) is 0.0261. The Kier molecular flexibility index (Phi) is 64.7. The first kappa shape index (κ1) is 76.3. The minimum atomic E-state index is -0.806. The van der Waals surface area contributed by atoms with Gasteiger partial charge in [-0.25, -0.2) is 0 Å². The van der Waals surface area contributed by atoms with Crippen LogP contribution in [0.25, 0.3) is 0 Å². The number of allylic oxidation sites excluding steroid dienone is 16. The second-order valence-corrected chi connectivity index (χ2v) is 22.7. The Balaban J connectivity index is 4.40. The Bertz CT molecular complexity index is 1560. The smallest absolute Gasteiger partial charge is 0.306 e. The molecule has 0 aliphatic carbocycles. The summed E-state index contributed by atoms with van der Waals surface area (Å²) in [5, 5.41) is 0. The third kappa shape index (κ3) is 65.1. The maximum absolute atomic E-state index is 12.9. The number of carbonyl (C=O) groups is 3. The van der Waals surface area contributed by atoms with E-state index in [1.165, 1.54) is 193 Å². The zero-order chi connectivity index (χ0) is 57.8. The largest absolute Gasteiger partial charge is 0.462 e. The molecule has 0 bridgehead atoms. The zero-order valence-corrected chi connectivity index (χ0v) is 52.8. The maximum atomic E-state index is 12.9. The van der Waals surface area contributed by atoms with Crippen LogP contribution in [-0.2, 0) is 28.6 Å². The van der Waals surface area contributed by atoms with Crippen LogP contribution in [0.15, 0.2) is 97.2 Å². The van der Waals surface area contributed by atoms with Gasteiger partial charge in [0.15, 0.2) is 6.10 Å². The van der Waals surface area contributed by atoms with Crippen LogP contribution in [-0.4, -0.2) is 37.2 Å². The van der Waals surface area contributed by atoms with Crippen molar-refractivity contribution in [3.05, 3.63) is 97.2 Å². The van der Waals surface area contributed by atoms with Crippen molar-refractivity contribution in [1.29, 1.82) is 0 Å². The molecule has 1 atom stereocenters. The third-order valence-electron chi connectivity index (χ3n) is 14.8. The molecule has 0 aromatic carbocycles. The average Bonchev–Trinajstić information content (AvgIpc) is 3.46. The normalized spacial score (nSPS) is 12.7. The second-order valence-electron chi connectivity index (χ2n) is 22.7. The lowest BCUT2D eigenvalue weighted by atomic mass is 10.0. The molecule has 6 heteroatoms. The Labute approximate surface area is 496 Å². The van der Waals surface area contributed by atoms with Crippen molar-refractivity contribution in [2.75, 3.05) is 13.2 Å². The Morgan fingerprint density at radius 2 is 0.487 bits per heavy atom. The van der Waals surface area contributed by atoms with E-state index in [2.05, 4.69) is 118 Å². The third-order valence-corrected chi connectivity index (χ3v) is 14.8. The van der Waals surface area contributed by atoms with Crippen molar-refractivity contribution in [3.63, 3.8) is 0 Å². The van der Waals surface area contributed by atoms with Crippen molar-refractivity contribution in [2.45, 2.75) is 341 Å². The van der Waals surface area contributed by atoms with Crippen LogP contribution in [0.3, 0.4) is 0 Å². The van der Waals surface area contributed by atoms with E-state index in [0.717, 1.165) is 96.3 Å². The van der Waals surface area contributed by atoms with Crippen LogP contribution in [0.4, 0.5) is 0 Å². The second kappa shape index (κ2) is 67.8. The fourth-order valence-corrected chi connectivity index (χ4v) is 9.67. The summed E-state index contributed by atoms with van der Waals surface area (Å²) in [6, 6.07) is 0. The Morgan fingerprint density at radius 1 is 0.263 bits per heavy atom. The van der Waals surface area contributed by atoms with Crippen molar-refractivity contribution in [2.24, 2.45) is 0 Å². The van der Waals surface area contributed by atoms with Gasteiger partial charge in [0.05, 0.1) is 0 Å². The van der Waals surface area contributed by atoms with Gasteiger partial charge in [0.25, 0.3) is 0 Å². The summed E-state index contributed by atoms with van der Waals surface area (Å²) in [5.74, 6) is -0.936. The maximum Gasteiger partial charge on any atom is 0.306 e. The highest BCUT2D eigenvalue weighted by molar-refractivity contribution is 5.71. The lowest BCUT2D eigenvalue weighted by Gasteiger charge is -2.18. The highest BCUT2D eigenvalue weighted by Gasteiger charge is 2.19. The van der Waals surface area contributed by atoms with Gasteiger partial charge in [0, 0.05) is 19.3 Å². The molecule has 460 valence electrons. The molecule has 1 unspecified atom stereocenters. The Morgan fingerprint density at radius 3 is 0.800 bits per heavy atom. The van der Waals surface area contributed by atoms with Gasteiger partial charge in [0.1, 0.15) is 13.2 Å². The topological polar surface area (TPSA) is 78.9 Å². The molecule has 0 aliphatic heterocycles. The first-order valence-electron chi connectivity index (χ1n) is 34.2. The summed E-state index contributed by atoms with van der Waals surface area (Å²) in [6.45, 7) is 6.52. The van der Waals surface area contributed by atoms with Crippen LogP contribution in [0.1, 0.15) is 335 Å². The van der Waals surface area contributed by atoms with Crippen LogP contribution < -0.4 is 0 Å². The number of hydrogen-bond donors (Lipinski definition) is 0. The van der Waals surface area contributed by atoms with E-state index in [0.29, 0.717) is 19.3 Å². The number of esters is 3. The Hall–Kier alpha value is -3.67. The van der Waals surface area contributed by atoms with Crippen molar-refractivity contribution >= 4 is 17.9 Å². The molecule has 0 saturated carbocycles. The number of ether oxygens (including phenoxy) is 3. The SMILES string of the molecule is CC/C=C\C/C=C\C/C=C\C/C=C\C/C=C\C/C=C\CCCCC(=O)OC(COC(=O)CCCCCCC/C=C\CCCCCCCCC)COC(=O)CCCCCCCCCCCCCCC/C=C\CCCCCCCCCC. The molecule has 0 N–H and O–H groups in total. The van der Waals surface area contributed by atoms with Gasteiger partial charge in [-0.3, -0.25) is 14.4 Å². The molecular formula is C74H128O6. The summed E-state index contributed by atoms with van der Waals surface area (Å²) in [5.41, 5.74) is 0. The van der Waals surface area contributed by atoms with Gasteiger partial charge in [-0.15, -0.1) is 0 Å². The van der Waals surface area contributed by atoms with Crippen molar-refractivity contribution in [1.82, 2.24) is 0 Å². The van der Waals surface area contributed by atoms with Crippen molar-refractivity contribution < 1.29 is 28.6 Å². The first-order chi connectivity index (χ1) is 39.5. The predicted octanol–water partition coefficient (Wildman–Crippen LogP) is 23.6. The number of carbonyl (C=O) groups excluding carboxylic acids is 3. The minimum Gasteiger partial charge on any atom is -0.462 e. The lowest BCUT2D eigenvalue weighted by Crippen LogP contribution is -2.30. The molecule has 0 aromatic rings. The number of rotatable bonds is 62. The molecule has 0 heterocycles. The van der Waals surface area contributed by atoms with E-state index in [9.17, 15) is 14.4 Å². The molecule has 0 fully saturated rings. The number of unbranched alkanes of at least 4 members (excludes halogenated alkanes) is 35. The first-order valence-corrected chi connectivity index (χ1v) is 34.2. The van der Waals surface area contributed by atoms with Crippen molar-refractivity contribution in [3.8, 4) is 0 Å². The van der Waals surface area contributed by atoms with Crippen LogP contribution in [0.2, 0.25) is 0 Å². The molecule has 0 aromatic heterocycles. The van der Waals surface area contributed by atoms with E-state index < -0.39 is 6.10 Å². The molecule has 0 rings (SSSR count). The molecule has 0 aliphatic rings. The molecule has 0 amide bonds. The van der Waals surface area contributed by atoms with Gasteiger partial charge < -0.3 is 14.2 Å². The summed E-state index contributed by atoms with van der Waals surface area (Å²) in [6.07, 6.45) is 91.4. The summed E-state index contributed by atoms with van der Waals surface area (Å²) in [4.78, 5) is 38.4. The summed E-state index contributed by atoms with van der Waals surface area (Å²) >= 11 is 0. The molecule has 80 heavy (non-hydrogen) atoms. The molecule has 0 radical (unpaired) electrons. The van der Waals surface area contributed by atoms with E-state index >= 15 is 0 Å². The van der Waals surface area contributed by atoms with Crippen LogP contribution in [0, 0.1) is 0 Å². The lowest BCUT2D eigenvalue weighted by molar-refractivity contribution is -0.167. The highest BCUT2D eigenvalue weighted by Crippen LogP contribution is 2.16. The average molecular weight is 1110 g/mol. The van der Waals surface area contributed by atoms with E-state index in [1.807, 2.05) is 0 Å². The highest BCUT2D eigenvalue weighted by atomic mass is 16.6. The summed E-state index contributed by atoms with van der Waals surface area (Å²) < 4.78 is 16.9. The van der Waals surface area contributed by atoms with Gasteiger partial charge in [-0.2, -0.15) is 0 Å². The number of hydrogen-bond acceptors (Lipinski definition) is 6.